The molecule has 0 bridgehead atoms. The highest BCUT2D eigenvalue weighted by molar-refractivity contribution is 6.08. The van der Waals surface area contributed by atoms with Crippen LogP contribution in [-0.2, 0) is 20.5 Å². The molecule has 4 aromatic carbocycles. The van der Waals surface area contributed by atoms with Crippen LogP contribution in [0.15, 0.2) is 103 Å². The number of piperidine rings is 1. The Kier molecular flexibility index (Phi) is 10.4. The minimum Gasteiger partial charge on any atom is -0.462 e. The predicted molar refractivity (Wildman–Crippen MR) is 181 cm³/mol. The van der Waals surface area contributed by atoms with Gasteiger partial charge in [0.25, 0.3) is 5.91 Å². The minimum atomic E-state index is -4.44. The van der Waals surface area contributed by atoms with Crippen LogP contribution in [0.2, 0.25) is 0 Å². The van der Waals surface area contributed by atoms with Gasteiger partial charge >= 0.3 is 12.1 Å². The molecule has 2 saturated heterocycles. The lowest BCUT2D eigenvalue weighted by molar-refractivity contribution is -0.152. The highest BCUT2D eigenvalue weighted by Gasteiger charge is 2.33. The Labute approximate surface area is 283 Å². The molecule has 1 atom stereocenters. The van der Waals surface area contributed by atoms with Crippen molar-refractivity contribution in [2.24, 2.45) is 0 Å². The van der Waals surface area contributed by atoms with E-state index >= 15 is 0 Å². The number of alkyl halides is 3. The number of ether oxygens (including phenoxy) is 1. The summed E-state index contributed by atoms with van der Waals surface area (Å²) in [6, 6.07) is 28.4. The summed E-state index contributed by atoms with van der Waals surface area (Å²) in [6.07, 6.45) is -1.37. The second-order valence-electron chi connectivity index (χ2n) is 12.5. The molecule has 0 aliphatic carbocycles. The summed E-state index contributed by atoms with van der Waals surface area (Å²) < 4.78 is 44.9. The van der Waals surface area contributed by atoms with Gasteiger partial charge in [-0.15, -0.1) is 0 Å². The minimum absolute atomic E-state index is 0.107. The maximum Gasteiger partial charge on any atom is 0.416 e. The third kappa shape index (κ3) is 8.20. The predicted octanol–water partition coefficient (Wildman–Crippen LogP) is 7.71. The number of anilines is 1. The van der Waals surface area contributed by atoms with Gasteiger partial charge < -0.3 is 15.0 Å². The second kappa shape index (κ2) is 15.1. The van der Waals surface area contributed by atoms with Crippen LogP contribution in [0.1, 0.15) is 64.7 Å². The molecule has 1 unspecified atom stereocenters. The first kappa shape index (κ1) is 33.9. The molecular formula is C39H38F3N3O4. The molecule has 4 aromatic rings. The third-order valence-electron chi connectivity index (χ3n) is 9.35. The molecule has 7 nitrogen and oxygen atoms in total. The number of amides is 2. The summed E-state index contributed by atoms with van der Waals surface area (Å²) in [7, 11) is 0. The van der Waals surface area contributed by atoms with Crippen molar-refractivity contribution in [3.63, 3.8) is 0 Å². The van der Waals surface area contributed by atoms with E-state index in [1.807, 2.05) is 54.6 Å². The van der Waals surface area contributed by atoms with Crippen LogP contribution < -0.4 is 5.32 Å². The maximum atomic E-state index is 13.4. The average molecular weight is 670 g/mol. The molecule has 0 radical (unpaired) electrons. The number of hydrogen-bond acceptors (Lipinski definition) is 5. The lowest BCUT2D eigenvalue weighted by Gasteiger charge is -2.36. The van der Waals surface area contributed by atoms with E-state index in [1.54, 1.807) is 29.2 Å². The molecule has 2 amide bonds. The van der Waals surface area contributed by atoms with Crippen molar-refractivity contribution in [3.05, 3.63) is 125 Å². The molecule has 254 valence electrons. The number of nitrogens with zero attached hydrogens (tertiary/aromatic N) is 2. The fraction of sp³-hybridized carbons (Fsp3) is 0.308. The number of hydrogen-bond donors (Lipinski definition) is 1. The van der Waals surface area contributed by atoms with Gasteiger partial charge in [-0.3, -0.25) is 14.5 Å². The van der Waals surface area contributed by atoms with E-state index in [-0.39, 0.29) is 30.3 Å². The first-order chi connectivity index (χ1) is 23.7. The molecule has 2 aliphatic rings. The van der Waals surface area contributed by atoms with E-state index in [9.17, 15) is 27.6 Å². The lowest BCUT2D eigenvalue weighted by atomic mass is 9.88. The average Bonchev–Trinajstić information content (AvgIpc) is 3.53. The number of nitrogens with one attached hydrogen (secondary N) is 1. The molecule has 0 saturated carbocycles. The fourth-order valence-electron chi connectivity index (χ4n) is 6.71. The van der Waals surface area contributed by atoms with E-state index in [4.69, 9.17) is 4.74 Å². The van der Waals surface area contributed by atoms with Gasteiger partial charge in [-0.05, 0) is 90.9 Å². The van der Waals surface area contributed by atoms with Crippen LogP contribution in [0.4, 0.5) is 18.9 Å². The first-order valence-corrected chi connectivity index (χ1v) is 16.6. The van der Waals surface area contributed by atoms with Crippen LogP contribution in [0.3, 0.4) is 0 Å². The van der Waals surface area contributed by atoms with Crippen molar-refractivity contribution in [1.29, 1.82) is 0 Å². The number of carbonyl (C=O) groups excluding carboxylic acids is 3. The zero-order valence-corrected chi connectivity index (χ0v) is 27.0. The molecular weight excluding hydrogens is 631 g/mol. The third-order valence-corrected chi connectivity index (χ3v) is 9.35. The van der Waals surface area contributed by atoms with Crippen LogP contribution >= 0.6 is 0 Å². The van der Waals surface area contributed by atoms with Crippen molar-refractivity contribution in [2.75, 3.05) is 38.1 Å². The zero-order chi connectivity index (χ0) is 34.4. The zero-order valence-electron chi connectivity index (χ0n) is 27.0. The lowest BCUT2D eigenvalue weighted by Crippen LogP contribution is -2.41. The molecule has 0 spiro atoms. The monoisotopic (exact) mass is 669 g/mol. The van der Waals surface area contributed by atoms with Gasteiger partial charge in [0, 0.05) is 24.2 Å². The van der Waals surface area contributed by atoms with Crippen LogP contribution in [0.25, 0.3) is 11.1 Å². The Hall–Kier alpha value is -4.96. The highest BCUT2D eigenvalue weighted by Crippen LogP contribution is 2.35. The highest BCUT2D eigenvalue weighted by atomic mass is 19.4. The van der Waals surface area contributed by atoms with Crippen molar-refractivity contribution in [3.8, 4) is 11.1 Å². The van der Waals surface area contributed by atoms with Gasteiger partial charge in [0.05, 0.1) is 12.1 Å². The SMILES string of the molecule is O=C(Nc1ccc(C2CCN(C(C(=O)OCCN3CCCC3=O)c3ccccc3)CC2)cc1)c1ccccc1-c1ccc(C(F)(F)F)cc1. The number of benzene rings is 4. The van der Waals surface area contributed by atoms with Crippen molar-refractivity contribution >= 4 is 23.5 Å². The normalized spacial score (nSPS) is 16.4. The summed E-state index contributed by atoms with van der Waals surface area (Å²) in [5, 5.41) is 2.92. The molecule has 2 fully saturated rings. The molecule has 6 rings (SSSR count). The van der Waals surface area contributed by atoms with Crippen molar-refractivity contribution < 1.29 is 32.3 Å². The van der Waals surface area contributed by atoms with E-state index < -0.39 is 17.8 Å². The van der Waals surface area contributed by atoms with Crippen LogP contribution in [0, 0.1) is 0 Å². The van der Waals surface area contributed by atoms with Gasteiger partial charge in [0.2, 0.25) is 5.91 Å². The number of likely N-dealkylation sites (tertiary alicyclic amines) is 2. The topological polar surface area (TPSA) is 79.0 Å². The van der Waals surface area contributed by atoms with Crippen LogP contribution in [0.5, 0.6) is 0 Å². The fourth-order valence-corrected chi connectivity index (χ4v) is 6.71. The standard InChI is InChI=1S/C39H38F3N3O4/c40-39(41,42)31-16-12-29(13-17-31)33-9-4-5-10-34(33)37(47)43-32-18-14-27(15-19-32)28-20-23-45(24-21-28)36(30-7-2-1-3-8-30)38(48)49-26-25-44-22-6-11-35(44)46/h1-5,7-10,12-19,28,36H,6,11,20-26H2,(H,43,47). The smallest absolute Gasteiger partial charge is 0.416 e. The number of halogens is 3. The Morgan fingerprint density at radius 3 is 2.16 bits per heavy atom. The summed E-state index contributed by atoms with van der Waals surface area (Å²) >= 11 is 0. The van der Waals surface area contributed by atoms with E-state index in [1.165, 1.54) is 12.1 Å². The van der Waals surface area contributed by atoms with Crippen LogP contribution in [-0.4, -0.2) is 60.4 Å². The van der Waals surface area contributed by atoms with Gasteiger partial charge in [-0.25, -0.2) is 4.79 Å². The number of carbonyl (C=O) groups is 3. The second-order valence-corrected chi connectivity index (χ2v) is 12.5. The summed E-state index contributed by atoms with van der Waals surface area (Å²) in [4.78, 5) is 42.5. The Morgan fingerprint density at radius 2 is 1.51 bits per heavy atom. The molecule has 1 N–H and O–H groups in total. The number of rotatable bonds is 10. The molecule has 10 heteroatoms. The van der Waals surface area contributed by atoms with Crippen molar-refractivity contribution in [1.82, 2.24) is 9.80 Å². The number of esters is 1. The first-order valence-electron chi connectivity index (χ1n) is 16.6. The largest absolute Gasteiger partial charge is 0.462 e. The summed E-state index contributed by atoms with van der Waals surface area (Å²) in [5.74, 6) is -0.288. The van der Waals surface area contributed by atoms with E-state index in [0.29, 0.717) is 55.0 Å². The van der Waals surface area contributed by atoms with Gasteiger partial charge in [0.15, 0.2) is 0 Å². The Morgan fingerprint density at radius 1 is 0.837 bits per heavy atom. The Bertz CT molecular complexity index is 1750. The Balaban J connectivity index is 1.06. The molecule has 49 heavy (non-hydrogen) atoms. The van der Waals surface area contributed by atoms with Crippen molar-refractivity contribution in [2.45, 2.75) is 43.8 Å². The quantitative estimate of drug-likeness (QED) is 0.175. The van der Waals surface area contributed by atoms with E-state index in [0.717, 1.165) is 42.5 Å². The summed E-state index contributed by atoms with van der Waals surface area (Å²) in [6.45, 7) is 2.69. The molecule has 2 heterocycles. The van der Waals surface area contributed by atoms with Gasteiger partial charge in [-0.1, -0.05) is 72.8 Å². The molecule has 2 aliphatic heterocycles. The maximum absolute atomic E-state index is 13.4. The summed E-state index contributed by atoms with van der Waals surface area (Å²) in [5.41, 5.74) is 3.29. The van der Waals surface area contributed by atoms with Gasteiger partial charge in [-0.2, -0.15) is 13.2 Å². The van der Waals surface area contributed by atoms with E-state index in [2.05, 4.69) is 10.2 Å². The van der Waals surface area contributed by atoms with Gasteiger partial charge in [0.1, 0.15) is 12.6 Å². The molecule has 0 aromatic heterocycles.